The lowest BCUT2D eigenvalue weighted by Gasteiger charge is -2.18. The summed E-state index contributed by atoms with van der Waals surface area (Å²) in [6.45, 7) is 2.63. The van der Waals surface area contributed by atoms with Crippen LogP contribution in [0.4, 0.5) is 5.69 Å². The third-order valence-electron chi connectivity index (χ3n) is 2.93. The molecule has 102 valence electrons. The molecule has 2 aromatic rings. The molecule has 19 heavy (non-hydrogen) atoms. The molecule has 4 nitrogen and oxygen atoms in total. The van der Waals surface area contributed by atoms with Gasteiger partial charge in [-0.3, -0.25) is 4.79 Å². The molecule has 1 aromatic carbocycles. The van der Waals surface area contributed by atoms with E-state index in [2.05, 4.69) is 0 Å². The highest BCUT2D eigenvalue weighted by molar-refractivity contribution is 7.21. The Morgan fingerprint density at radius 2 is 2.26 bits per heavy atom. The van der Waals surface area contributed by atoms with E-state index in [0.717, 1.165) is 10.1 Å². The number of hydrogen-bond acceptors (Lipinski definition) is 4. The number of likely N-dealkylation sites (N-methyl/N-ethyl adjacent to an activating group) is 1. The summed E-state index contributed by atoms with van der Waals surface area (Å²) in [6.07, 6.45) is 0. The Kier molecular flexibility index (Phi) is 4.29. The van der Waals surface area contributed by atoms with E-state index < -0.39 is 0 Å². The first-order chi connectivity index (χ1) is 9.10. The van der Waals surface area contributed by atoms with Gasteiger partial charge in [0.25, 0.3) is 5.91 Å². The molecular formula is C13H15ClN2O2S. The molecule has 0 aliphatic heterocycles. The molecule has 0 aliphatic carbocycles. The van der Waals surface area contributed by atoms with E-state index in [-0.39, 0.29) is 12.5 Å². The highest BCUT2D eigenvalue weighted by atomic mass is 35.5. The maximum Gasteiger partial charge on any atom is 0.266 e. The van der Waals surface area contributed by atoms with Gasteiger partial charge in [-0.2, -0.15) is 0 Å². The van der Waals surface area contributed by atoms with Crippen LogP contribution >= 0.6 is 22.9 Å². The van der Waals surface area contributed by atoms with Gasteiger partial charge >= 0.3 is 0 Å². The largest absolute Gasteiger partial charge is 0.397 e. The van der Waals surface area contributed by atoms with Crippen molar-refractivity contribution < 1.29 is 9.90 Å². The molecule has 0 atom stereocenters. The number of nitrogen functional groups attached to an aromatic ring is 1. The van der Waals surface area contributed by atoms with Crippen LogP contribution in [0, 0.1) is 0 Å². The number of benzene rings is 1. The van der Waals surface area contributed by atoms with Crippen LogP contribution in [-0.2, 0) is 0 Å². The minimum absolute atomic E-state index is 0.0643. The van der Waals surface area contributed by atoms with Gasteiger partial charge < -0.3 is 15.7 Å². The van der Waals surface area contributed by atoms with Crippen LogP contribution in [0.25, 0.3) is 10.1 Å². The van der Waals surface area contributed by atoms with Gasteiger partial charge in [0, 0.05) is 23.2 Å². The standard InChI is InChI=1S/C13H15ClN2O2S/c1-2-16(6-7-17)13(18)12-11(15)10-8(14)4-3-5-9(10)19-12/h3-5,17H,2,6-7,15H2,1H3. The smallest absolute Gasteiger partial charge is 0.266 e. The maximum absolute atomic E-state index is 12.4. The molecular weight excluding hydrogens is 284 g/mol. The Labute approximate surface area is 120 Å². The van der Waals surface area contributed by atoms with E-state index in [1.807, 2.05) is 19.1 Å². The summed E-state index contributed by atoms with van der Waals surface area (Å²) in [6, 6.07) is 5.48. The lowest BCUT2D eigenvalue weighted by molar-refractivity contribution is 0.0738. The molecule has 3 N–H and O–H groups in total. The van der Waals surface area contributed by atoms with E-state index in [4.69, 9.17) is 22.4 Å². The monoisotopic (exact) mass is 298 g/mol. The van der Waals surface area contributed by atoms with Gasteiger partial charge in [-0.25, -0.2) is 0 Å². The summed E-state index contributed by atoms with van der Waals surface area (Å²) in [4.78, 5) is 14.4. The van der Waals surface area contributed by atoms with Crippen molar-refractivity contribution in [2.45, 2.75) is 6.92 Å². The molecule has 0 spiro atoms. The maximum atomic E-state index is 12.4. The molecule has 0 unspecified atom stereocenters. The van der Waals surface area contributed by atoms with Crippen molar-refractivity contribution in [1.82, 2.24) is 4.90 Å². The SMILES string of the molecule is CCN(CCO)C(=O)c1sc2cccc(Cl)c2c1N. The van der Waals surface area contributed by atoms with E-state index in [1.54, 1.807) is 11.0 Å². The fourth-order valence-electron chi connectivity index (χ4n) is 1.96. The molecule has 1 amide bonds. The van der Waals surface area contributed by atoms with Crippen molar-refractivity contribution >= 4 is 44.6 Å². The quantitative estimate of drug-likeness (QED) is 0.912. The number of fused-ring (bicyclic) bond motifs is 1. The lowest BCUT2D eigenvalue weighted by Crippen LogP contribution is -2.33. The van der Waals surface area contributed by atoms with Gasteiger partial charge in [0.2, 0.25) is 0 Å². The Morgan fingerprint density at radius 3 is 2.84 bits per heavy atom. The Bertz CT molecular complexity index is 612. The zero-order chi connectivity index (χ0) is 14.0. The number of amides is 1. The third-order valence-corrected chi connectivity index (χ3v) is 4.41. The Balaban J connectivity index is 2.48. The summed E-state index contributed by atoms with van der Waals surface area (Å²) in [5.74, 6) is -0.161. The molecule has 0 bridgehead atoms. The number of nitrogens with zero attached hydrogens (tertiary/aromatic N) is 1. The molecule has 0 saturated carbocycles. The van der Waals surface area contributed by atoms with Gasteiger partial charge in [0.1, 0.15) is 4.88 Å². The van der Waals surface area contributed by atoms with E-state index >= 15 is 0 Å². The highest BCUT2D eigenvalue weighted by Gasteiger charge is 2.21. The first-order valence-electron chi connectivity index (χ1n) is 5.96. The number of carbonyl (C=O) groups excluding carboxylic acids is 1. The number of rotatable bonds is 4. The van der Waals surface area contributed by atoms with Crippen molar-refractivity contribution in [1.29, 1.82) is 0 Å². The molecule has 0 aliphatic rings. The molecule has 1 heterocycles. The van der Waals surface area contributed by atoms with Crippen LogP contribution in [-0.4, -0.2) is 35.6 Å². The predicted molar refractivity (Wildman–Crippen MR) is 79.9 cm³/mol. The first-order valence-corrected chi connectivity index (χ1v) is 7.16. The van der Waals surface area contributed by atoms with Gasteiger partial charge in [-0.1, -0.05) is 17.7 Å². The second kappa shape index (κ2) is 5.77. The van der Waals surface area contributed by atoms with Crippen LogP contribution in [0.15, 0.2) is 18.2 Å². The Morgan fingerprint density at radius 1 is 1.53 bits per heavy atom. The second-order valence-corrected chi connectivity index (χ2v) is 5.53. The molecule has 0 fully saturated rings. The van der Waals surface area contributed by atoms with Gasteiger partial charge in [-0.05, 0) is 19.1 Å². The van der Waals surface area contributed by atoms with E-state index in [9.17, 15) is 4.79 Å². The topological polar surface area (TPSA) is 66.6 Å². The van der Waals surface area contributed by atoms with Gasteiger partial charge in [0.05, 0.1) is 17.3 Å². The van der Waals surface area contributed by atoms with Gasteiger partial charge in [0.15, 0.2) is 0 Å². The summed E-state index contributed by atoms with van der Waals surface area (Å²) in [7, 11) is 0. The fourth-order valence-corrected chi connectivity index (χ4v) is 3.40. The number of anilines is 1. The second-order valence-electron chi connectivity index (χ2n) is 4.07. The van der Waals surface area contributed by atoms with Crippen molar-refractivity contribution in [2.75, 3.05) is 25.4 Å². The van der Waals surface area contributed by atoms with Crippen molar-refractivity contribution in [2.24, 2.45) is 0 Å². The normalized spacial score (nSPS) is 10.9. The number of aliphatic hydroxyl groups is 1. The number of carbonyl (C=O) groups is 1. The highest BCUT2D eigenvalue weighted by Crippen LogP contribution is 2.38. The zero-order valence-electron chi connectivity index (χ0n) is 10.5. The molecule has 6 heteroatoms. The third kappa shape index (κ3) is 2.54. The number of hydrogen-bond donors (Lipinski definition) is 2. The summed E-state index contributed by atoms with van der Waals surface area (Å²) >= 11 is 7.45. The zero-order valence-corrected chi connectivity index (χ0v) is 12.1. The first kappa shape index (κ1) is 14.1. The molecule has 1 aromatic heterocycles. The van der Waals surface area contributed by atoms with Crippen LogP contribution in [0.5, 0.6) is 0 Å². The van der Waals surface area contributed by atoms with Gasteiger partial charge in [-0.15, -0.1) is 11.3 Å². The summed E-state index contributed by atoms with van der Waals surface area (Å²) in [5.41, 5.74) is 6.47. The van der Waals surface area contributed by atoms with Crippen LogP contribution in [0.2, 0.25) is 5.02 Å². The predicted octanol–water partition coefficient (Wildman–Crippen LogP) is 2.59. The lowest BCUT2D eigenvalue weighted by atomic mass is 10.2. The fraction of sp³-hybridized carbons (Fsp3) is 0.308. The van der Waals surface area contributed by atoms with Crippen molar-refractivity contribution in [3.8, 4) is 0 Å². The molecule has 2 rings (SSSR count). The number of nitrogens with two attached hydrogens (primary N) is 1. The van der Waals surface area contributed by atoms with Crippen LogP contribution in [0.1, 0.15) is 16.6 Å². The average Bonchev–Trinajstić information content (AvgIpc) is 2.74. The van der Waals surface area contributed by atoms with Crippen molar-refractivity contribution in [3.05, 3.63) is 28.1 Å². The molecule has 0 radical (unpaired) electrons. The van der Waals surface area contributed by atoms with E-state index in [1.165, 1.54) is 11.3 Å². The average molecular weight is 299 g/mol. The minimum atomic E-state index is -0.161. The summed E-state index contributed by atoms with van der Waals surface area (Å²) < 4.78 is 0.897. The molecule has 0 saturated heterocycles. The van der Waals surface area contributed by atoms with Crippen LogP contribution < -0.4 is 5.73 Å². The van der Waals surface area contributed by atoms with Crippen molar-refractivity contribution in [3.63, 3.8) is 0 Å². The number of thiophene rings is 1. The Hall–Kier alpha value is -1.30. The van der Waals surface area contributed by atoms with Crippen LogP contribution in [0.3, 0.4) is 0 Å². The minimum Gasteiger partial charge on any atom is -0.397 e. The summed E-state index contributed by atoms with van der Waals surface area (Å²) in [5, 5.41) is 10.3. The number of aliphatic hydroxyl groups excluding tert-OH is 1. The number of halogens is 1. The van der Waals surface area contributed by atoms with E-state index in [0.29, 0.717) is 28.7 Å².